The summed E-state index contributed by atoms with van der Waals surface area (Å²) in [6.45, 7) is 2.13. The molecule has 0 aliphatic heterocycles. The van der Waals surface area contributed by atoms with E-state index in [-0.39, 0.29) is 22.5 Å². The number of nitrogens with one attached hydrogen (secondary N) is 2. The predicted octanol–water partition coefficient (Wildman–Crippen LogP) is 0.968. The van der Waals surface area contributed by atoms with Gasteiger partial charge in [-0.15, -0.1) is 0 Å². The van der Waals surface area contributed by atoms with Crippen LogP contribution in [-0.2, 0) is 13.6 Å². The largest absolute Gasteiger partial charge is 0.329 e. The van der Waals surface area contributed by atoms with Gasteiger partial charge in [-0.05, 0) is 25.8 Å². The fraction of sp³-hybridized carbons (Fsp3) is 0.353. The first-order valence-corrected chi connectivity index (χ1v) is 8.46. The Morgan fingerprint density at radius 3 is 2.77 bits per heavy atom. The highest BCUT2D eigenvalue weighted by Crippen LogP contribution is 2.39. The topological polar surface area (TPSA) is 115 Å². The molecular weight excluding hydrogens is 336 g/mol. The molecule has 3 heterocycles. The van der Waals surface area contributed by atoms with Gasteiger partial charge in [0, 0.05) is 37.5 Å². The SMILES string of the molecule is CCn1c(=O)[nH]c(=O)c2c(C(=O)Nc3ccn(C)n3)cc(C3CC3)nc21. The number of carbonyl (C=O) groups excluding carboxylic acids is 1. The van der Waals surface area contributed by atoms with Crippen molar-refractivity contribution in [2.75, 3.05) is 5.32 Å². The van der Waals surface area contributed by atoms with E-state index in [4.69, 9.17) is 0 Å². The first-order valence-electron chi connectivity index (χ1n) is 8.46. The van der Waals surface area contributed by atoms with Gasteiger partial charge in [-0.3, -0.25) is 23.8 Å². The molecule has 0 bridgehead atoms. The number of carbonyl (C=O) groups is 1. The Bertz CT molecular complexity index is 1140. The minimum Gasteiger partial charge on any atom is -0.305 e. The summed E-state index contributed by atoms with van der Waals surface area (Å²) in [5.74, 6) is 0.195. The van der Waals surface area contributed by atoms with E-state index in [1.165, 1.54) is 4.57 Å². The highest BCUT2D eigenvalue weighted by Gasteiger charge is 2.28. The molecule has 0 unspecified atom stereocenters. The normalized spacial score (nSPS) is 13.9. The minimum atomic E-state index is -0.615. The molecule has 2 N–H and O–H groups in total. The van der Waals surface area contributed by atoms with E-state index < -0.39 is 17.2 Å². The van der Waals surface area contributed by atoms with E-state index in [1.54, 1.807) is 37.0 Å². The van der Waals surface area contributed by atoms with E-state index in [9.17, 15) is 14.4 Å². The number of hydrogen-bond donors (Lipinski definition) is 2. The van der Waals surface area contributed by atoms with Crippen molar-refractivity contribution in [3.05, 3.63) is 50.4 Å². The third kappa shape index (κ3) is 2.71. The molecule has 4 rings (SSSR count). The molecule has 3 aromatic rings. The van der Waals surface area contributed by atoms with Crippen LogP contribution in [0.1, 0.15) is 41.7 Å². The Hall–Kier alpha value is -3.23. The second-order valence-corrected chi connectivity index (χ2v) is 6.40. The van der Waals surface area contributed by atoms with Gasteiger partial charge < -0.3 is 5.32 Å². The molecular formula is C17H18N6O3. The molecule has 3 aromatic heterocycles. The molecule has 1 aliphatic carbocycles. The van der Waals surface area contributed by atoms with Crippen LogP contribution in [-0.4, -0.2) is 30.2 Å². The Balaban J connectivity index is 1.93. The lowest BCUT2D eigenvalue weighted by atomic mass is 10.1. The molecule has 1 saturated carbocycles. The van der Waals surface area contributed by atoms with Crippen molar-refractivity contribution in [1.82, 2.24) is 24.3 Å². The van der Waals surface area contributed by atoms with Gasteiger partial charge in [-0.1, -0.05) is 0 Å². The van der Waals surface area contributed by atoms with Crippen molar-refractivity contribution in [2.24, 2.45) is 7.05 Å². The van der Waals surface area contributed by atoms with Crippen LogP contribution in [0.25, 0.3) is 11.0 Å². The number of aromatic nitrogens is 5. The predicted molar refractivity (Wildman–Crippen MR) is 95.4 cm³/mol. The number of anilines is 1. The second-order valence-electron chi connectivity index (χ2n) is 6.40. The molecule has 9 heteroatoms. The number of rotatable bonds is 4. The number of nitrogens with zero attached hydrogens (tertiary/aromatic N) is 4. The summed E-state index contributed by atoms with van der Waals surface area (Å²) < 4.78 is 2.94. The number of H-pyrrole nitrogens is 1. The maximum Gasteiger partial charge on any atom is 0.329 e. The monoisotopic (exact) mass is 354 g/mol. The summed E-state index contributed by atoms with van der Waals surface area (Å²) in [4.78, 5) is 44.2. The van der Waals surface area contributed by atoms with Crippen molar-refractivity contribution in [3.63, 3.8) is 0 Å². The van der Waals surface area contributed by atoms with E-state index >= 15 is 0 Å². The Kier molecular flexibility index (Phi) is 3.71. The molecule has 0 radical (unpaired) electrons. The van der Waals surface area contributed by atoms with Crippen molar-refractivity contribution in [1.29, 1.82) is 0 Å². The van der Waals surface area contributed by atoms with Crippen LogP contribution >= 0.6 is 0 Å². The lowest BCUT2D eigenvalue weighted by Gasteiger charge is -2.12. The standard InChI is InChI=1S/C17H18N6O3/c1-3-23-14-13(16(25)20-17(23)26)10(8-11(18-14)9-4-5-9)15(24)19-12-6-7-22(2)21-12/h6-9H,3-5H2,1-2H3,(H,19,21,24)(H,20,25,26). The van der Waals surface area contributed by atoms with Crippen LogP contribution in [0.15, 0.2) is 27.9 Å². The first kappa shape index (κ1) is 16.2. The molecule has 0 atom stereocenters. The van der Waals surface area contributed by atoms with Gasteiger partial charge in [0.15, 0.2) is 11.5 Å². The van der Waals surface area contributed by atoms with Crippen LogP contribution in [0.4, 0.5) is 5.82 Å². The number of aryl methyl sites for hydroxylation is 2. The maximum absolute atomic E-state index is 12.8. The van der Waals surface area contributed by atoms with Gasteiger partial charge >= 0.3 is 5.69 Å². The fourth-order valence-electron chi connectivity index (χ4n) is 3.02. The van der Waals surface area contributed by atoms with Crippen LogP contribution in [0.5, 0.6) is 0 Å². The first-order chi connectivity index (χ1) is 12.5. The molecule has 1 fully saturated rings. The minimum absolute atomic E-state index is 0.115. The molecule has 0 spiro atoms. The lowest BCUT2D eigenvalue weighted by molar-refractivity contribution is 0.102. The molecule has 134 valence electrons. The van der Waals surface area contributed by atoms with E-state index in [2.05, 4.69) is 20.4 Å². The molecule has 1 amide bonds. The zero-order valence-electron chi connectivity index (χ0n) is 14.4. The van der Waals surface area contributed by atoms with Crippen molar-refractivity contribution < 1.29 is 4.79 Å². The summed E-state index contributed by atoms with van der Waals surface area (Å²) in [5.41, 5.74) is 0.0379. The van der Waals surface area contributed by atoms with E-state index in [1.807, 2.05) is 0 Å². The highest BCUT2D eigenvalue weighted by atomic mass is 16.2. The summed E-state index contributed by atoms with van der Waals surface area (Å²) >= 11 is 0. The van der Waals surface area contributed by atoms with Crippen molar-refractivity contribution in [2.45, 2.75) is 32.2 Å². The summed E-state index contributed by atoms with van der Waals surface area (Å²) in [5, 5.41) is 6.94. The Labute approximate surface area is 147 Å². The highest BCUT2D eigenvalue weighted by molar-refractivity contribution is 6.11. The zero-order chi connectivity index (χ0) is 18.4. The van der Waals surface area contributed by atoms with Gasteiger partial charge in [0.1, 0.15) is 0 Å². The third-order valence-electron chi connectivity index (χ3n) is 4.48. The van der Waals surface area contributed by atoms with Crippen molar-refractivity contribution in [3.8, 4) is 0 Å². The van der Waals surface area contributed by atoms with Crippen LogP contribution in [0.2, 0.25) is 0 Å². The van der Waals surface area contributed by atoms with Gasteiger partial charge in [0.2, 0.25) is 0 Å². The average Bonchev–Trinajstić information content (AvgIpc) is 3.37. The quantitative estimate of drug-likeness (QED) is 0.724. The van der Waals surface area contributed by atoms with Gasteiger partial charge in [0.05, 0.1) is 10.9 Å². The number of hydrogen-bond acceptors (Lipinski definition) is 5. The Morgan fingerprint density at radius 2 is 2.15 bits per heavy atom. The van der Waals surface area contributed by atoms with Crippen LogP contribution < -0.4 is 16.6 Å². The van der Waals surface area contributed by atoms with Gasteiger partial charge in [0.25, 0.3) is 11.5 Å². The third-order valence-corrected chi connectivity index (χ3v) is 4.48. The summed E-state index contributed by atoms with van der Waals surface area (Å²) in [6.07, 6.45) is 3.68. The lowest BCUT2D eigenvalue weighted by Crippen LogP contribution is -2.32. The smallest absolute Gasteiger partial charge is 0.305 e. The van der Waals surface area contributed by atoms with Crippen LogP contribution in [0, 0.1) is 0 Å². The maximum atomic E-state index is 12.8. The van der Waals surface area contributed by atoms with Gasteiger partial charge in [-0.2, -0.15) is 5.10 Å². The molecule has 0 saturated heterocycles. The van der Waals surface area contributed by atoms with Crippen LogP contribution in [0.3, 0.4) is 0 Å². The Morgan fingerprint density at radius 1 is 1.38 bits per heavy atom. The van der Waals surface area contributed by atoms with E-state index in [0.717, 1.165) is 18.5 Å². The average molecular weight is 354 g/mol. The molecule has 1 aliphatic rings. The van der Waals surface area contributed by atoms with E-state index in [0.29, 0.717) is 12.4 Å². The summed E-state index contributed by atoms with van der Waals surface area (Å²) in [7, 11) is 1.74. The second kappa shape index (κ2) is 5.94. The number of fused-ring (bicyclic) bond motifs is 1. The zero-order valence-corrected chi connectivity index (χ0v) is 14.4. The summed E-state index contributed by atoms with van der Waals surface area (Å²) in [6, 6.07) is 3.31. The van der Waals surface area contributed by atoms with Crippen molar-refractivity contribution >= 4 is 22.8 Å². The van der Waals surface area contributed by atoms with Gasteiger partial charge in [-0.25, -0.2) is 9.78 Å². The molecule has 26 heavy (non-hydrogen) atoms. The number of amides is 1. The fourth-order valence-corrected chi connectivity index (χ4v) is 3.02. The molecule has 0 aromatic carbocycles. The number of aromatic amines is 1. The molecule has 9 nitrogen and oxygen atoms in total. The number of pyridine rings is 1.